The molecule has 0 bridgehead atoms. The summed E-state index contributed by atoms with van der Waals surface area (Å²) in [6.07, 6.45) is 2.55. The van der Waals surface area contributed by atoms with Crippen LogP contribution in [0.5, 0.6) is 0 Å². The van der Waals surface area contributed by atoms with Crippen molar-refractivity contribution in [3.63, 3.8) is 0 Å². The lowest BCUT2D eigenvalue weighted by molar-refractivity contribution is 0.0988. The zero-order chi connectivity index (χ0) is 20.2. The van der Waals surface area contributed by atoms with Crippen LogP contribution in [0.25, 0.3) is 0 Å². The van der Waals surface area contributed by atoms with Gasteiger partial charge >= 0.3 is 0 Å². The number of benzene rings is 3. The van der Waals surface area contributed by atoms with Gasteiger partial charge in [-0.05, 0) is 48.7 Å². The Balaban J connectivity index is 1.80. The molecular weight excluding hydrogens is 380 g/mol. The first-order valence-corrected chi connectivity index (χ1v) is 10.4. The maximum Gasteiger partial charge on any atom is 0.260 e. The van der Waals surface area contributed by atoms with E-state index in [1.165, 1.54) is 5.56 Å². The Morgan fingerprint density at radius 1 is 0.793 bits per heavy atom. The van der Waals surface area contributed by atoms with E-state index in [2.05, 4.69) is 24.0 Å². The highest BCUT2D eigenvalue weighted by atomic mass is 35.5. The smallest absolute Gasteiger partial charge is 0.260 e. The first-order valence-electron chi connectivity index (χ1n) is 10.00. The normalized spacial score (nSPS) is 13.1. The number of unbranched alkanes of at least 4 members (excludes halogenated alkanes) is 1. The number of nitrogens with zero attached hydrogens (tertiary/aromatic N) is 2. The van der Waals surface area contributed by atoms with Crippen molar-refractivity contribution < 1.29 is 4.79 Å². The van der Waals surface area contributed by atoms with Gasteiger partial charge in [0.15, 0.2) is 0 Å². The van der Waals surface area contributed by atoms with Crippen LogP contribution >= 0.6 is 11.6 Å². The van der Waals surface area contributed by atoms with Gasteiger partial charge in [0.25, 0.3) is 5.91 Å². The van der Waals surface area contributed by atoms with Gasteiger partial charge in [-0.2, -0.15) is 0 Å². The third kappa shape index (κ3) is 4.01. The molecule has 0 N–H and O–H groups in total. The van der Waals surface area contributed by atoms with Crippen molar-refractivity contribution in [2.45, 2.75) is 19.3 Å². The number of amides is 1. The van der Waals surface area contributed by atoms with Crippen molar-refractivity contribution in [3.05, 3.63) is 95.9 Å². The number of anilines is 3. The molecule has 4 heteroatoms. The first kappa shape index (κ1) is 19.5. The van der Waals surface area contributed by atoms with Crippen molar-refractivity contribution >= 4 is 34.6 Å². The van der Waals surface area contributed by atoms with E-state index in [-0.39, 0.29) is 5.91 Å². The summed E-state index contributed by atoms with van der Waals surface area (Å²) in [6, 6.07) is 23.9. The number of hydrogen-bond donors (Lipinski definition) is 0. The lowest BCUT2D eigenvalue weighted by Gasteiger charge is -2.27. The van der Waals surface area contributed by atoms with E-state index in [1.807, 2.05) is 65.6 Å². The summed E-state index contributed by atoms with van der Waals surface area (Å²) < 4.78 is 0. The second-order valence-corrected chi connectivity index (χ2v) is 7.64. The molecule has 0 unspecified atom stereocenters. The molecule has 29 heavy (non-hydrogen) atoms. The summed E-state index contributed by atoms with van der Waals surface area (Å²) in [4.78, 5) is 17.7. The van der Waals surface area contributed by atoms with Gasteiger partial charge in [0.1, 0.15) is 0 Å². The Bertz CT molecular complexity index is 1000. The van der Waals surface area contributed by atoms with Gasteiger partial charge in [-0.1, -0.05) is 67.4 Å². The minimum atomic E-state index is 0.0252. The average Bonchev–Trinajstić information content (AvgIpc) is 2.84. The van der Waals surface area contributed by atoms with Crippen molar-refractivity contribution in [1.82, 2.24) is 0 Å². The SMILES string of the molecule is [CH2]CCCN1c2ccccc2C(=O)N(CCc2ccccc2)c2ccc(Cl)cc21. The van der Waals surface area contributed by atoms with Crippen LogP contribution in [-0.4, -0.2) is 19.0 Å². The molecule has 4 rings (SSSR count). The summed E-state index contributed by atoms with van der Waals surface area (Å²) in [5.41, 5.74) is 4.73. The third-order valence-electron chi connectivity index (χ3n) is 5.29. The number of halogens is 1. The molecule has 1 heterocycles. The number of hydrogen-bond acceptors (Lipinski definition) is 2. The van der Waals surface area contributed by atoms with Crippen molar-refractivity contribution in [3.8, 4) is 0 Å². The summed E-state index contributed by atoms with van der Waals surface area (Å²) in [5.74, 6) is 0.0252. The van der Waals surface area contributed by atoms with Crippen LogP contribution in [0, 0.1) is 6.92 Å². The van der Waals surface area contributed by atoms with Gasteiger partial charge in [-0.15, -0.1) is 0 Å². The Labute approximate surface area is 177 Å². The Kier molecular flexibility index (Phi) is 5.86. The van der Waals surface area contributed by atoms with E-state index in [0.29, 0.717) is 11.6 Å². The van der Waals surface area contributed by atoms with Gasteiger partial charge < -0.3 is 9.80 Å². The fourth-order valence-electron chi connectivity index (χ4n) is 3.83. The highest BCUT2D eigenvalue weighted by molar-refractivity contribution is 6.31. The number of fused-ring (bicyclic) bond motifs is 2. The second-order valence-electron chi connectivity index (χ2n) is 7.20. The summed E-state index contributed by atoms with van der Waals surface area (Å²) >= 11 is 6.37. The molecule has 0 aromatic heterocycles. The van der Waals surface area contributed by atoms with Crippen molar-refractivity contribution in [1.29, 1.82) is 0 Å². The maximum atomic E-state index is 13.6. The summed E-state index contributed by atoms with van der Waals surface area (Å²) in [7, 11) is 0. The van der Waals surface area contributed by atoms with E-state index in [0.717, 1.165) is 48.4 Å². The maximum absolute atomic E-state index is 13.6. The van der Waals surface area contributed by atoms with Crippen molar-refractivity contribution in [2.24, 2.45) is 0 Å². The summed E-state index contributed by atoms with van der Waals surface area (Å²) in [5, 5.41) is 0.665. The predicted molar refractivity (Wildman–Crippen MR) is 121 cm³/mol. The Morgan fingerprint density at radius 3 is 2.34 bits per heavy atom. The quantitative estimate of drug-likeness (QED) is 0.482. The molecule has 0 aliphatic carbocycles. The van der Waals surface area contributed by atoms with Crippen LogP contribution in [0.3, 0.4) is 0 Å². The van der Waals surface area contributed by atoms with Gasteiger partial charge in [0.2, 0.25) is 0 Å². The minimum Gasteiger partial charge on any atom is -0.339 e. The fourth-order valence-corrected chi connectivity index (χ4v) is 4.00. The Morgan fingerprint density at radius 2 is 1.55 bits per heavy atom. The highest BCUT2D eigenvalue weighted by Crippen LogP contribution is 2.42. The van der Waals surface area contributed by atoms with Crippen LogP contribution in [0.2, 0.25) is 5.02 Å². The lowest BCUT2D eigenvalue weighted by atomic mass is 10.1. The molecule has 0 spiro atoms. The molecular formula is C25H24ClN2O. The zero-order valence-electron chi connectivity index (χ0n) is 16.4. The lowest BCUT2D eigenvalue weighted by Crippen LogP contribution is -2.32. The van der Waals surface area contributed by atoms with E-state index >= 15 is 0 Å². The van der Waals surface area contributed by atoms with Gasteiger partial charge in [-0.25, -0.2) is 0 Å². The molecule has 0 saturated carbocycles. The first-order chi connectivity index (χ1) is 14.2. The molecule has 147 valence electrons. The van der Waals surface area contributed by atoms with Crippen LogP contribution in [0.15, 0.2) is 72.8 Å². The van der Waals surface area contributed by atoms with Gasteiger partial charge in [-0.3, -0.25) is 4.79 Å². The largest absolute Gasteiger partial charge is 0.339 e. The number of carbonyl (C=O) groups is 1. The molecule has 0 fully saturated rings. The van der Waals surface area contributed by atoms with Crippen molar-refractivity contribution in [2.75, 3.05) is 22.9 Å². The number of para-hydroxylation sites is 1. The second kappa shape index (κ2) is 8.71. The topological polar surface area (TPSA) is 23.6 Å². The fraction of sp³-hybridized carbons (Fsp3) is 0.200. The monoisotopic (exact) mass is 403 g/mol. The summed E-state index contributed by atoms with van der Waals surface area (Å²) in [6.45, 7) is 5.38. The molecule has 1 aliphatic rings. The van der Waals surface area contributed by atoms with Crippen LogP contribution < -0.4 is 9.80 Å². The standard InChI is InChI=1S/C25H24ClN2O/c1-2-3-16-27-22-12-8-7-11-21(22)25(29)28(17-15-19-9-5-4-6-10-19)23-14-13-20(26)18-24(23)27/h4-14,18H,1-3,15-17H2. The van der Waals surface area contributed by atoms with E-state index in [1.54, 1.807) is 0 Å². The van der Waals surface area contributed by atoms with E-state index in [9.17, 15) is 4.79 Å². The number of rotatable bonds is 6. The highest BCUT2D eigenvalue weighted by Gasteiger charge is 2.30. The molecule has 0 atom stereocenters. The molecule has 3 aromatic carbocycles. The molecule has 1 aliphatic heterocycles. The molecule has 0 saturated heterocycles. The molecule has 3 aromatic rings. The van der Waals surface area contributed by atoms with E-state index < -0.39 is 0 Å². The van der Waals surface area contributed by atoms with Crippen LogP contribution in [0.4, 0.5) is 17.1 Å². The average molecular weight is 404 g/mol. The Hall–Kier alpha value is -2.78. The number of carbonyl (C=O) groups excluding carboxylic acids is 1. The zero-order valence-corrected chi connectivity index (χ0v) is 17.1. The van der Waals surface area contributed by atoms with Gasteiger partial charge in [0.05, 0.1) is 22.6 Å². The predicted octanol–water partition coefficient (Wildman–Crippen LogP) is 6.30. The molecule has 3 nitrogen and oxygen atoms in total. The molecule has 1 amide bonds. The van der Waals surface area contributed by atoms with Crippen LogP contribution in [0.1, 0.15) is 28.8 Å². The van der Waals surface area contributed by atoms with E-state index in [4.69, 9.17) is 11.6 Å². The third-order valence-corrected chi connectivity index (χ3v) is 5.52. The van der Waals surface area contributed by atoms with Crippen LogP contribution in [-0.2, 0) is 6.42 Å². The minimum absolute atomic E-state index is 0.0252. The molecule has 1 radical (unpaired) electrons. The van der Waals surface area contributed by atoms with Gasteiger partial charge in [0, 0.05) is 18.1 Å².